The molecule has 0 bridgehead atoms. The van der Waals surface area contributed by atoms with Crippen molar-refractivity contribution in [1.29, 1.82) is 0 Å². The highest BCUT2D eigenvalue weighted by Crippen LogP contribution is 2.36. The van der Waals surface area contributed by atoms with Crippen LogP contribution >= 0.6 is 23.2 Å². The number of fused-ring (bicyclic) bond motifs is 1. The van der Waals surface area contributed by atoms with E-state index >= 15 is 0 Å². The van der Waals surface area contributed by atoms with Crippen molar-refractivity contribution in [1.82, 2.24) is 14.5 Å². The van der Waals surface area contributed by atoms with Crippen LogP contribution in [-0.2, 0) is 9.53 Å². The minimum atomic E-state index is -1.15. The van der Waals surface area contributed by atoms with Gasteiger partial charge in [0.05, 0.1) is 41.2 Å². The van der Waals surface area contributed by atoms with Crippen molar-refractivity contribution >= 4 is 45.9 Å². The molecule has 1 aliphatic heterocycles. The Hall–Kier alpha value is -2.38. The smallest absolute Gasteiger partial charge is 0.328 e. The third-order valence-corrected chi connectivity index (χ3v) is 5.43. The molecule has 27 heavy (non-hydrogen) atoms. The van der Waals surface area contributed by atoms with Crippen LogP contribution in [0.25, 0.3) is 16.6 Å². The minimum absolute atomic E-state index is 0.0415. The molecule has 1 fully saturated rings. The third-order valence-electron chi connectivity index (χ3n) is 4.64. The number of benzene rings is 1. The zero-order valence-corrected chi connectivity index (χ0v) is 15.8. The summed E-state index contributed by atoms with van der Waals surface area (Å²) in [6.45, 7) is 0.0415. The third kappa shape index (κ3) is 3.11. The Labute approximate surface area is 164 Å². The highest BCUT2D eigenvalue weighted by molar-refractivity contribution is 6.45. The molecular weight excluding hydrogens is 394 g/mol. The van der Waals surface area contributed by atoms with Gasteiger partial charge >= 0.3 is 5.97 Å². The second kappa shape index (κ2) is 6.98. The number of ether oxygens (including phenoxy) is 1. The number of esters is 1. The molecule has 0 aliphatic carbocycles. The summed E-state index contributed by atoms with van der Waals surface area (Å²) in [6, 6.07) is 4.54. The number of pyridine rings is 1. The van der Waals surface area contributed by atoms with E-state index in [2.05, 4.69) is 9.97 Å². The van der Waals surface area contributed by atoms with Crippen LogP contribution in [0, 0.1) is 0 Å². The quantitative estimate of drug-likeness (QED) is 0.616. The lowest BCUT2D eigenvalue weighted by atomic mass is 10.1. The molecule has 3 aromatic rings. The number of rotatable bonds is 3. The Kier molecular flexibility index (Phi) is 4.65. The molecule has 9 heteroatoms. The Morgan fingerprint density at radius 2 is 2.19 bits per heavy atom. The van der Waals surface area contributed by atoms with E-state index in [0.29, 0.717) is 21.4 Å². The fourth-order valence-corrected chi connectivity index (χ4v) is 3.72. The lowest BCUT2D eigenvalue weighted by molar-refractivity contribution is -0.142. The van der Waals surface area contributed by atoms with Crippen LogP contribution in [0.5, 0.6) is 0 Å². The molecule has 2 atom stereocenters. The average Bonchev–Trinajstić information content (AvgIpc) is 3.33. The van der Waals surface area contributed by atoms with E-state index in [1.54, 1.807) is 40.3 Å². The van der Waals surface area contributed by atoms with Gasteiger partial charge in [-0.25, -0.2) is 19.2 Å². The summed E-state index contributed by atoms with van der Waals surface area (Å²) in [5.41, 5.74) is 1.22. The summed E-state index contributed by atoms with van der Waals surface area (Å²) in [7, 11) is 1.29. The maximum Gasteiger partial charge on any atom is 0.328 e. The lowest BCUT2D eigenvalue weighted by Gasteiger charge is -2.24. The van der Waals surface area contributed by atoms with Gasteiger partial charge in [-0.3, -0.25) is 0 Å². The summed E-state index contributed by atoms with van der Waals surface area (Å²) >= 11 is 12.6. The zero-order chi connectivity index (χ0) is 19.1. The van der Waals surface area contributed by atoms with Crippen LogP contribution < -0.4 is 4.90 Å². The van der Waals surface area contributed by atoms with Crippen molar-refractivity contribution in [3.05, 3.63) is 47.0 Å². The number of anilines is 1. The van der Waals surface area contributed by atoms with Crippen molar-refractivity contribution in [3.8, 4) is 5.69 Å². The predicted molar refractivity (Wildman–Crippen MR) is 102 cm³/mol. The van der Waals surface area contributed by atoms with E-state index in [1.165, 1.54) is 7.11 Å². The summed E-state index contributed by atoms with van der Waals surface area (Å²) in [5.74, 6) is -0.0793. The van der Waals surface area contributed by atoms with Gasteiger partial charge in [0, 0.05) is 30.3 Å². The predicted octanol–water partition coefficient (Wildman–Crippen LogP) is 3.82. The maximum atomic E-state index is 14.1. The van der Waals surface area contributed by atoms with Crippen molar-refractivity contribution in [3.63, 3.8) is 0 Å². The van der Waals surface area contributed by atoms with Crippen molar-refractivity contribution in [2.75, 3.05) is 18.6 Å². The molecule has 0 spiro atoms. The fourth-order valence-electron chi connectivity index (χ4n) is 3.36. The van der Waals surface area contributed by atoms with Gasteiger partial charge in [0.15, 0.2) is 0 Å². The number of carbonyl (C=O) groups is 1. The molecule has 0 radical (unpaired) electrons. The molecule has 0 amide bonds. The summed E-state index contributed by atoms with van der Waals surface area (Å²) < 4.78 is 20.7. The Bertz CT molecular complexity index is 1010. The SMILES string of the molecule is COC(=O)[C@@H]1C[C@@H](F)CN1c1cc(-n2ccnc2)c2ccc(Cl)c(Cl)c2n1. The number of imidazole rings is 1. The van der Waals surface area contributed by atoms with E-state index < -0.39 is 18.2 Å². The number of halogens is 3. The van der Waals surface area contributed by atoms with Crippen LogP contribution in [0.4, 0.5) is 10.2 Å². The molecule has 1 aliphatic rings. The molecule has 140 valence electrons. The maximum absolute atomic E-state index is 14.1. The molecule has 0 unspecified atom stereocenters. The molecule has 6 nitrogen and oxygen atoms in total. The number of carbonyl (C=O) groups excluding carboxylic acids is 1. The molecule has 1 aromatic carbocycles. The van der Waals surface area contributed by atoms with Gasteiger partial charge < -0.3 is 14.2 Å². The number of hydrogen-bond acceptors (Lipinski definition) is 5. The van der Waals surface area contributed by atoms with E-state index in [1.807, 2.05) is 6.07 Å². The Morgan fingerprint density at radius 3 is 2.89 bits per heavy atom. The van der Waals surface area contributed by atoms with Gasteiger partial charge in [-0.2, -0.15) is 0 Å². The molecule has 0 saturated carbocycles. The fraction of sp³-hybridized carbons (Fsp3) is 0.278. The van der Waals surface area contributed by atoms with Crippen molar-refractivity contribution in [2.24, 2.45) is 0 Å². The number of methoxy groups -OCH3 is 1. The summed E-state index contributed by atoms with van der Waals surface area (Å²) in [4.78, 5) is 22.4. The van der Waals surface area contributed by atoms with E-state index in [4.69, 9.17) is 27.9 Å². The molecule has 3 heterocycles. The number of hydrogen-bond donors (Lipinski definition) is 0. The lowest BCUT2D eigenvalue weighted by Crippen LogP contribution is -2.37. The normalized spacial score (nSPS) is 19.6. The highest BCUT2D eigenvalue weighted by atomic mass is 35.5. The van der Waals surface area contributed by atoms with Crippen LogP contribution in [0.15, 0.2) is 36.9 Å². The molecular formula is C18H15Cl2FN4O2. The Morgan fingerprint density at radius 1 is 1.37 bits per heavy atom. The average molecular weight is 409 g/mol. The zero-order valence-electron chi connectivity index (χ0n) is 14.3. The minimum Gasteiger partial charge on any atom is -0.467 e. The van der Waals surface area contributed by atoms with Crippen molar-refractivity contribution < 1.29 is 13.9 Å². The monoisotopic (exact) mass is 408 g/mol. The van der Waals surface area contributed by atoms with Gasteiger partial charge in [0.1, 0.15) is 18.0 Å². The molecule has 0 N–H and O–H groups in total. The van der Waals surface area contributed by atoms with Crippen molar-refractivity contribution in [2.45, 2.75) is 18.6 Å². The first-order valence-corrected chi connectivity index (χ1v) is 9.01. The molecule has 4 rings (SSSR count). The van der Waals surface area contributed by atoms with Gasteiger partial charge in [-0.1, -0.05) is 23.2 Å². The van der Waals surface area contributed by atoms with Crippen LogP contribution in [0.1, 0.15) is 6.42 Å². The molecule has 1 saturated heterocycles. The van der Waals surface area contributed by atoms with E-state index in [-0.39, 0.29) is 13.0 Å². The highest BCUT2D eigenvalue weighted by Gasteiger charge is 2.39. The van der Waals surface area contributed by atoms with Gasteiger partial charge in [0.25, 0.3) is 0 Å². The second-order valence-electron chi connectivity index (χ2n) is 6.25. The first kappa shape index (κ1) is 18.0. The first-order valence-electron chi connectivity index (χ1n) is 8.25. The van der Waals surface area contributed by atoms with Crippen LogP contribution in [0.3, 0.4) is 0 Å². The van der Waals surface area contributed by atoms with Crippen LogP contribution in [0.2, 0.25) is 10.0 Å². The van der Waals surface area contributed by atoms with E-state index in [0.717, 1.165) is 11.1 Å². The van der Waals surface area contributed by atoms with Gasteiger partial charge in [-0.15, -0.1) is 0 Å². The standard InChI is InChI=1S/C18H15Cl2FN4O2/c1-27-18(26)14-6-10(21)8-25(14)15-7-13(24-5-4-22-9-24)11-2-3-12(19)16(20)17(11)23-15/h2-5,7,9-10,14H,6,8H2,1H3/t10-,14+/m1/s1. The summed E-state index contributed by atoms with van der Waals surface area (Å²) in [5, 5.41) is 1.42. The first-order chi connectivity index (χ1) is 13.0. The van der Waals surface area contributed by atoms with E-state index in [9.17, 15) is 9.18 Å². The van der Waals surface area contributed by atoms with Gasteiger partial charge in [-0.05, 0) is 12.1 Å². The van der Waals surface area contributed by atoms with Crippen LogP contribution in [-0.4, -0.2) is 46.4 Å². The topological polar surface area (TPSA) is 60.2 Å². The van der Waals surface area contributed by atoms with Gasteiger partial charge in [0.2, 0.25) is 0 Å². The number of aromatic nitrogens is 3. The largest absolute Gasteiger partial charge is 0.467 e. The Balaban J connectivity index is 1.93. The number of alkyl halides is 1. The second-order valence-corrected chi connectivity index (χ2v) is 7.04. The summed E-state index contributed by atoms with van der Waals surface area (Å²) in [6.07, 6.45) is 3.96. The number of nitrogens with zero attached hydrogens (tertiary/aromatic N) is 4. The molecule has 2 aromatic heterocycles.